The maximum Gasteiger partial charge on any atom is 0.337 e. The molecule has 160 valence electrons. The van der Waals surface area contributed by atoms with Gasteiger partial charge in [-0.3, -0.25) is 4.79 Å². The van der Waals surface area contributed by atoms with E-state index in [1.165, 1.54) is 13.5 Å². The number of amides is 1. The molecule has 3 atom stereocenters. The lowest BCUT2D eigenvalue weighted by molar-refractivity contribution is -0.119. The monoisotopic (exact) mass is 428 g/mol. The highest BCUT2D eigenvalue weighted by Crippen LogP contribution is 2.40. The summed E-state index contributed by atoms with van der Waals surface area (Å²) >= 11 is 6.34. The number of hydrogen-bond donors (Lipinski definition) is 1. The van der Waals surface area contributed by atoms with Gasteiger partial charge in [-0.25, -0.2) is 4.79 Å². The van der Waals surface area contributed by atoms with Crippen molar-refractivity contribution in [2.45, 2.75) is 38.5 Å². The molecule has 0 aromatic heterocycles. The van der Waals surface area contributed by atoms with E-state index >= 15 is 0 Å². The third kappa shape index (κ3) is 4.78. The first kappa shape index (κ1) is 22.2. The molecule has 30 heavy (non-hydrogen) atoms. The number of benzene rings is 2. The Morgan fingerprint density at radius 1 is 1.20 bits per heavy atom. The minimum atomic E-state index is -0.545. The molecule has 0 saturated carbocycles. The standard InChI is InChI=1S/C24H29ClN2O3/c1-15-5-4-12-27(14-15)21-11-10-19(25)13-20(21)16(2)22(23(26)28)17-6-8-18(9-7-17)24(29)30-3/h6-11,13,15-16,22H,4-5,12,14H2,1-3H3,(H2,26,28). The molecule has 2 N–H and O–H groups in total. The van der Waals surface area contributed by atoms with Gasteiger partial charge in [0.25, 0.3) is 0 Å². The average molecular weight is 429 g/mol. The quantitative estimate of drug-likeness (QED) is 0.674. The van der Waals surface area contributed by atoms with Crippen LogP contribution in [0, 0.1) is 5.92 Å². The van der Waals surface area contributed by atoms with Gasteiger partial charge in [0.05, 0.1) is 18.6 Å². The molecule has 1 saturated heterocycles. The molecular weight excluding hydrogens is 400 g/mol. The molecule has 1 aliphatic heterocycles. The first-order valence-corrected chi connectivity index (χ1v) is 10.7. The molecule has 1 amide bonds. The molecule has 0 aliphatic carbocycles. The second-order valence-electron chi connectivity index (χ2n) is 8.18. The first-order chi connectivity index (χ1) is 14.3. The molecule has 0 spiro atoms. The topological polar surface area (TPSA) is 72.6 Å². The second kappa shape index (κ2) is 9.52. The van der Waals surface area contributed by atoms with E-state index in [1.54, 1.807) is 24.3 Å². The highest BCUT2D eigenvalue weighted by Gasteiger charge is 2.30. The number of piperidine rings is 1. The van der Waals surface area contributed by atoms with E-state index in [0.29, 0.717) is 16.5 Å². The van der Waals surface area contributed by atoms with Gasteiger partial charge in [0.2, 0.25) is 5.91 Å². The summed E-state index contributed by atoms with van der Waals surface area (Å²) in [6.45, 7) is 6.24. The fraction of sp³-hybridized carbons (Fsp3) is 0.417. The SMILES string of the molecule is COC(=O)c1ccc(C(C(N)=O)C(C)c2cc(Cl)ccc2N2CCCC(C)C2)cc1. The Bertz CT molecular complexity index is 913. The lowest BCUT2D eigenvalue weighted by Gasteiger charge is -2.36. The van der Waals surface area contributed by atoms with Crippen LogP contribution in [0.2, 0.25) is 5.02 Å². The van der Waals surface area contributed by atoms with Crippen LogP contribution in [0.15, 0.2) is 42.5 Å². The summed E-state index contributed by atoms with van der Waals surface area (Å²) in [5.41, 5.74) is 9.16. The van der Waals surface area contributed by atoms with Crippen molar-refractivity contribution in [1.82, 2.24) is 0 Å². The van der Waals surface area contributed by atoms with Crippen LogP contribution in [0.5, 0.6) is 0 Å². The van der Waals surface area contributed by atoms with E-state index in [-0.39, 0.29) is 5.92 Å². The van der Waals surface area contributed by atoms with Crippen molar-refractivity contribution in [3.63, 3.8) is 0 Å². The van der Waals surface area contributed by atoms with Crippen molar-refractivity contribution in [1.29, 1.82) is 0 Å². The highest BCUT2D eigenvalue weighted by atomic mass is 35.5. The van der Waals surface area contributed by atoms with Crippen molar-refractivity contribution in [3.8, 4) is 0 Å². The third-order valence-electron chi connectivity index (χ3n) is 5.98. The lowest BCUT2D eigenvalue weighted by atomic mass is 9.81. The number of halogens is 1. The molecule has 1 heterocycles. The molecular formula is C24H29ClN2O3. The van der Waals surface area contributed by atoms with Crippen LogP contribution in [0.4, 0.5) is 5.69 Å². The van der Waals surface area contributed by atoms with Crippen LogP contribution in [-0.2, 0) is 9.53 Å². The largest absolute Gasteiger partial charge is 0.465 e. The summed E-state index contributed by atoms with van der Waals surface area (Å²) in [6.07, 6.45) is 2.37. The molecule has 2 aromatic carbocycles. The number of ether oxygens (including phenoxy) is 1. The highest BCUT2D eigenvalue weighted by molar-refractivity contribution is 6.30. The zero-order valence-corrected chi connectivity index (χ0v) is 18.5. The van der Waals surface area contributed by atoms with Crippen molar-refractivity contribution < 1.29 is 14.3 Å². The second-order valence-corrected chi connectivity index (χ2v) is 8.62. The molecule has 1 aliphatic rings. The number of primary amides is 1. The number of nitrogens with two attached hydrogens (primary N) is 1. The molecule has 0 radical (unpaired) electrons. The minimum absolute atomic E-state index is 0.183. The Kier molecular flexibility index (Phi) is 7.03. The Hall–Kier alpha value is -2.53. The Labute approximate surface area is 183 Å². The van der Waals surface area contributed by atoms with Crippen LogP contribution < -0.4 is 10.6 Å². The van der Waals surface area contributed by atoms with Gasteiger partial charge >= 0.3 is 5.97 Å². The van der Waals surface area contributed by atoms with Crippen LogP contribution in [0.1, 0.15) is 60.0 Å². The van der Waals surface area contributed by atoms with Gasteiger partial charge in [0.15, 0.2) is 0 Å². The summed E-state index contributed by atoms with van der Waals surface area (Å²) < 4.78 is 4.75. The smallest absolute Gasteiger partial charge is 0.337 e. The molecule has 3 unspecified atom stereocenters. The molecule has 1 fully saturated rings. The first-order valence-electron chi connectivity index (χ1n) is 10.3. The number of methoxy groups -OCH3 is 1. The summed E-state index contributed by atoms with van der Waals surface area (Å²) in [4.78, 5) is 26.6. The van der Waals surface area contributed by atoms with Gasteiger partial charge in [-0.2, -0.15) is 0 Å². The fourth-order valence-electron chi connectivity index (χ4n) is 4.41. The molecule has 0 bridgehead atoms. The summed E-state index contributed by atoms with van der Waals surface area (Å²) in [6, 6.07) is 12.8. The minimum Gasteiger partial charge on any atom is -0.465 e. The normalized spacial score (nSPS) is 18.5. The Morgan fingerprint density at radius 3 is 2.50 bits per heavy atom. The molecule has 2 aromatic rings. The average Bonchev–Trinajstić information content (AvgIpc) is 2.73. The molecule has 6 heteroatoms. The van der Waals surface area contributed by atoms with Crippen LogP contribution >= 0.6 is 11.6 Å². The number of nitrogens with zero attached hydrogens (tertiary/aromatic N) is 1. The molecule has 3 rings (SSSR count). The number of carbonyl (C=O) groups is 2. The molecule has 5 nitrogen and oxygen atoms in total. The van der Waals surface area contributed by atoms with Gasteiger partial charge < -0.3 is 15.4 Å². The summed E-state index contributed by atoms with van der Waals surface area (Å²) in [5, 5.41) is 0.634. The number of esters is 1. The van der Waals surface area contributed by atoms with Crippen molar-refractivity contribution in [2.75, 3.05) is 25.1 Å². The van der Waals surface area contributed by atoms with E-state index in [4.69, 9.17) is 22.1 Å². The van der Waals surface area contributed by atoms with E-state index < -0.39 is 17.8 Å². The van der Waals surface area contributed by atoms with Crippen LogP contribution in [0.25, 0.3) is 0 Å². The zero-order valence-electron chi connectivity index (χ0n) is 17.7. The number of carbonyl (C=O) groups excluding carboxylic acids is 2. The predicted octanol–water partition coefficient (Wildman–Crippen LogP) is 4.74. The maximum absolute atomic E-state index is 12.5. The number of anilines is 1. The van der Waals surface area contributed by atoms with Crippen molar-refractivity contribution >= 4 is 29.2 Å². The number of hydrogen-bond acceptors (Lipinski definition) is 4. The third-order valence-corrected chi connectivity index (χ3v) is 6.21. The van der Waals surface area contributed by atoms with E-state index in [9.17, 15) is 9.59 Å². The predicted molar refractivity (Wildman–Crippen MR) is 120 cm³/mol. The fourth-order valence-corrected chi connectivity index (χ4v) is 4.59. The van der Waals surface area contributed by atoms with Crippen molar-refractivity contribution in [2.24, 2.45) is 11.7 Å². The lowest BCUT2D eigenvalue weighted by Crippen LogP contribution is -2.35. The van der Waals surface area contributed by atoms with E-state index in [1.807, 2.05) is 25.1 Å². The van der Waals surface area contributed by atoms with Gasteiger partial charge in [0.1, 0.15) is 0 Å². The maximum atomic E-state index is 12.5. The number of rotatable bonds is 6. The zero-order chi connectivity index (χ0) is 21.8. The summed E-state index contributed by atoms with van der Waals surface area (Å²) in [7, 11) is 1.34. The van der Waals surface area contributed by atoms with Crippen LogP contribution in [-0.4, -0.2) is 32.1 Å². The van der Waals surface area contributed by atoms with Gasteiger partial charge in [-0.1, -0.05) is 37.6 Å². The van der Waals surface area contributed by atoms with Gasteiger partial charge in [0, 0.05) is 23.8 Å². The van der Waals surface area contributed by atoms with E-state index in [0.717, 1.165) is 36.3 Å². The summed E-state index contributed by atoms with van der Waals surface area (Å²) in [5.74, 6) is -0.934. The van der Waals surface area contributed by atoms with Gasteiger partial charge in [-0.05, 0) is 66.1 Å². The van der Waals surface area contributed by atoms with Crippen molar-refractivity contribution in [3.05, 3.63) is 64.2 Å². The van der Waals surface area contributed by atoms with Crippen LogP contribution in [0.3, 0.4) is 0 Å². The van der Waals surface area contributed by atoms with Gasteiger partial charge in [-0.15, -0.1) is 0 Å². The van der Waals surface area contributed by atoms with E-state index in [2.05, 4.69) is 11.8 Å². The Morgan fingerprint density at radius 2 is 1.90 bits per heavy atom. The Balaban J connectivity index is 1.98.